The maximum absolute atomic E-state index is 12.3. The van der Waals surface area contributed by atoms with Gasteiger partial charge in [-0.15, -0.1) is 11.3 Å². The average molecular weight is 348 g/mol. The standard InChI is InChI=1S/C13H18BrNO3S/c1-4-15(7-10-5-6-11(14)19-10)12(16)8(2)9(3)13(17)18/h5-6,8-9H,4,7H2,1-3H3,(H,17,18). The van der Waals surface area contributed by atoms with Crippen molar-refractivity contribution in [3.63, 3.8) is 0 Å². The van der Waals surface area contributed by atoms with Crippen LogP contribution < -0.4 is 0 Å². The number of carboxylic acids is 1. The molecule has 2 unspecified atom stereocenters. The van der Waals surface area contributed by atoms with Crippen LogP contribution in [0, 0.1) is 11.8 Å². The molecule has 0 spiro atoms. The van der Waals surface area contributed by atoms with E-state index in [1.165, 1.54) is 0 Å². The number of carbonyl (C=O) groups is 2. The van der Waals surface area contributed by atoms with Gasteiger partial charge in [0.15, 0.2) is 0 Å². The third-order valence-corrected chi connectivity index (χ3v) is 4.81. The third kappa shape index (κ3) is 4.31. The number of aliphatic carboxylic acids is 1. The number of hydrogen-bond donors (Lipinski definition) is 1. The summed E-state index contributed by atoms with van der Waals surface area (Å²) in [6.45, 7) is 6.25. The van der Waals surface area contributed by atoms with Gasteiger partial charge in [0.1, 0.15) is 0 Å². The first-order valence-corrected chi connectivity index (χ1v) is 7.73. The molecule has 0 aliphatic heterocycles. The van der Waals surface area contributed by atoms with Gasteiger partial charge in [-0.3, -0.25) is 9.59 Å². The SMILES string of the molecule is CCN(Cc1ccc(Br)s1)C(=O)C(C)C(C)C(=O)O. The van der Waals surface area contributed by atoms with Gasteiger partial charge >= 0.3 is 5.97 Å². The third-order valence-electron chi connectivity index (χ3n) is 3.20. The number of hydrogen-bond acceptors (Lipinski definition) is 3. The monoisotopic (exact) mass is 347 g/mol. The van der Waals surface area contributed by atoms with Crippen molar-refractivity contribution in [2.24, 2.45) is 11.8 Å². The summed E-state index contributed by atoms with van der Waals surface area (Å²) in [6.07, 6.45) is 0. The largest absolute Gasteiger partial charge is 0.481 e. The van der Waals surface area contributed by atoms with Gasteiger partial charge in [0.2, 0.25) is 5.91 Å². The molecule has 0 fully saturated rings. The molecule has 0 aromatic carbocycles. The van der Waals surface area contributed by atoms with Crippen molar-refractivity contribution in [3.8, 4) is 0 Å². The topological polar surface area (TPSA) is 57.6 Å². The van der Waals surface area contributed by atoms with Gasteiger partial charge in [-0.1, -0.05) is 13.8 Å². The molecule has 0 radical (unpaired) electrons. The first kappa shape index (κ1) is 16.2. The lowest BCUT2D eigenvalue weighted by atomic mass is 9.94. The fraction of sp³-hybridized carbons (Fsp3) is 0.538. The van der Waals surface area contributed by atoms with Crippen LogP contribution in [-0.2, 0) is 16.1 Å². The van der Waals surface area contributed by atoms with Crippen molar-refractivity contribution in [3.05, 3.63) is 20.8 Å². The van der Waals surface area contributed by atoms with Crippen LogP contribution in [-0.4, -0.2) is 28.4 Å². The highest BCUT2D eigenvalue weighted by Gasteiger charge is 2.29. The molecule has 2 atom stereocenters. The Labute approximate surface area is 125 Å². The maximum Gasteiger partial charge on any atom is 0.307 e. The second-order valence-corrected chi connectivity index (χ2v) is 7.02. The molecule has 1 rings (SSSR count). The molecule has 1 heterocycles. The Morgan fingerprint density at radius 1 is 1.37 bits per heavy atom. The van der Waals surface area contributed by atoms with E-state index in [2.05, 4.69) is 15.9 Å². The van der Waals surface area contributed by atoms with Crippen LogP contribution in [0.15, 0.2) is 15.9 Å². The van der Waals surface area contributed by atoms with Crippen LogP contribution in [0.5, 0.6) is 0 Å². The van der Waals surface area contributed by atoms with Crippen LogP contribution in [0.3, 0.4) is 0 Å². The van der Waals surface area contributed by atoms with E-state index in [4.69, 9.17) is 5.11 Å². The molecule has 0 saturated carbocycles. The van der Waals surface area contributed by atoms with Gasteiger partial charge in [-0.05, 0) is 35.0 Å². The highest BCUT2D eigenvalue weighted by molar-refractivity contribution is 9.11. The predicted molar refractivity (Wildman–Crippen MR) is 79.1 cm³/mol. The number of amides is 1. The number of thiophene rings is 1. The van der Waals surface area contributed by atoms with Crippen molar-refractivity contribution in [1.29, 1.82) is 0 Å². The fourth-order valence-corrected chi connectivity index (χ4v) is 3.19. The Morgan fingerprint density at radius 2 is 2.00 bits per heavy atom. The smallest absolute Gasteiger partial charge is 0.307 e. The summed E-state index contributed by atoms with van der Waals surface area (Å²) in [4.78, 5) is 26.0. The highest BCUT2D eigenvalue weighted by atomic mass is 79.9. The maximum atomic E-state index is 12.3. The number of carboxylic acid groups (broad SMARTS) is 1. The zero-order valence-corrected chi connectivity index (χ0v) is 13.6. The lowest BCUT2D eigenvalue weighted by Gasteiger charge is -2.25. The number of rotatable bonds is 6. The molecule has 19 heavy (non-hydrogen) atoms. The summed E-state index contributed by atoms with van der Waals surface area (Å²) in [7, 11) is 0. The molecule has 106 valence electrons. The summed E-state index contributed by atoms with van der Waals surface area (Å²) in [5, 5.41) is 8.97. The van der Waals surface area contributed by atoms with Crippen LogP contribution >= 0.6 is 27.3 Å². The summed E-state index contributed by atoms with van der Waals surface area (Å²) in [5.74, 6) is -2.23. The number of nitrogens with zero attached hydrogens (tertiary/aromatic N) is 1. The van der Waals surface area contributed by atoms with E-state index in [0.717, 1.165) is 8.66 Å². The molecule has 0 saturated heterocycles. The Hall–Kier alpha value is -0.880. The Morgan fingerprint density at radius 3 is 2.42 bits per heavy atom. The zero-order valence-electron chi connectivity index (χ0n) is 11.2. The molecule has 1 amide bonds. The van der Waals surface area contributed by atoms with Gasteiger partial charge in [0.25, 0.3) is 0 Å². The van der Waals surface area contributed by atoms with E-state index in [9.17, 15) is 9.59 Å². The van der Waals surface area contributed by atoms with E-state index in [1.54, 1.807) is 30.1 Å². The van der Waals surface area contributed by atoms with Gasteiger partial charge < -0.3 is 10.0 Å². The van der Waals surface area contributed by atoms with Crippen LogP contribution in [0.25, 0.3) is 0 Å². The summed E-state index contributed by atoms with van der Waals surface area (Å²) in [5.41, 5.74) is 0. The minimum atomic E-state index is -0.934. The molecule has 1 aromatic heterocycles. The Bertz CT molecular complexity index is 460. The number of carbonyl (C=O) groups excluding carboxylic acids is 1. The lowest BCUT2D eigenvalue weighted by Crippen LogP contribution is -2.38. The van der Waals surface area contributed by atoms with Crippen molar-refractivity contribution in [2.45, 2.75) is 27.3 Å². The summed E-state index contributed by atoms with van der Waals surface area (Å²) in [6, 6.07) is 3.91. The van der Waals surface area contributed by atoms with Gasteiger partial charge in [-0.2, -0.15) is 0 Å². The lowest BCUT2D eigenvalue weighted by molar-refractivity contribution is -0.149. The number of halogens is 1. The van der Waals surface area contributed by atoms with E-state index >= 15 is 0 Å². The minimum Gasteiger partial charge on any atom is -0.481 e. The highest BCUT2D eigenvalue weighted by Crippen LogP contribution is 2.24. The van der Waals surface area contributed by atoms with Crippen molar-refractivity contribution in [1.82, 2.24) is 4.90 Å². The van der Waals surface area contributed by atoms with Crippen molar-refractivity contribution >= 4 is 39.1 Å². The molecular weight excluding hydrogens is 330 g/mol. The normalized spacial score (nSPS) is 13.9. The molecule has 4 nitrogen and oxygen atoms in total. The molecule has 0 aliphatic carbocycles. The Balaban J connectivity index is 2.74. The molecule has 6 heteroatoms. The second-order valence-electron chi connectivity index (χ2n) is 4.47. The van der Waals surface area contributed by atoms with Crippen molar-refractivity contribution in [2.75, 3.05) is 6.54 Å². The van der Waals surface area contributed by atoms with E-state index in [1.807, 2.05) is 19.1 Å². The van der Waals surface area contributed by atoms with Crippen LogP contribution in [0.1, 0.15) is 25.6 Å². The predicted octanol–water partition coefficient (Wildman–Crippen LogP) is 3.22. The van der Waals surface area contributed by atoms with Gasteiger partial charge in [0, 0.05) is 17.3 Å². The second kappa shape index (κ2) is 7.05. The molecule has 1 N–H and O–H groups in total. The van der Waals surface area contributed by atoms with E-state index in [-0.39, 0.29) is 5.91 Å². The summed E-state index contributed by atoms with van der Waals surface area (Å²) >= 11 is 4.97. The van der Waals surface area contributed by atoms with E-state index in [0.29, 0.717) is 13.1 Å². The average Bonchev–Trinajstić information content (AvgIpc) is 2.78. The van der Waals surface area contributed by atoms with Gasteiger partial charge in [0.05, 0.1) is 16.2 Å². The first-order chi connectivity index (χ1) is 8.86. The quantitative estimate of drug-likeness (QED) is 0.859. The molecule has 0 aliphatic rings. The summed E-state index contributed by atoms with van der Waals surface area (Å²) < 4.78 is 1.03. The molecule has 1 aromatic rings. The van der Waals surface area contributed by atoms with Crippen LogP contribution in [0.4, 0.5) is 0 Å². The van der Waals surface area contributed by atoms with Crippen molar-refractivity contribution < 1.29 is 14.7 Å². The minimum absolute atomic E-state index is 0.109. The van der Waals surface area contributed by atoms with Crippen LogP contribution in [0.2, 0.25) is 0 Å². The Kier molecular flexibility index (Phi) is 6.00. The zero-order chi connectivity index (χ0) is 14.6. The fourth-order valence-electron chi connectivity index (χ4n) is 1.69. The first-order valence-electron chi connectivity index (χ1n) is 6.12. The molecular formula is C13H18BrNO3S. The van der Waals surface area contributed by atoms with Gasteiger partial charge in [-0.25, -0.2) is 0 Å². The molecule has 0 bridgehead atoms. The van der Waals surface area contributed by atoms with E-state index < -0.39 is 17.8 Å².